The zero-order chi connectivity index (χ0) is 24.6. The lowest BCUT2D eigenvalue weighted by molar-refractivity contribution is -0.143. The highest BCUT2D eigenvalue weighted by Crippen LogP contribution is 2.29. The van der Waals surface area contributed by atoms with E-state index in [1.165, 1.54) is 29.6 Å². The molecule has 4 rings (SSSR count). The molecule has 2 aromatic carbocycles. The van der Waals surface area contributed by atoms with Gasteiger partial charge in [-0.05, 0) is 38.5 Å². The SMILES string of the molecule is C[C@@H]1CN(C(=O)CCCN(C)S(=O)(=O)c2ccc3c(c2)C(=O)c2ccccc2C3=O)C[C@H](C)O1. The van der Waals surface area contributed by atoms with Crippen LogP contribution >= 0.6 is 0 Å². The van der Waals surface area contributed by atoms with E-state index in [1.54, 1.807) is 29.2 Å². The number of rotatable bonds is 6. The summed E-state index contributed by atoms with van der Waals surface area (Å²) in [6, 6.07) is 10.5. The second-order valence-corrected chi connectivity index (χ2v) is 10.9. The highest BCUT2D eigenvalue weighted by atomic mass is 32.2. The standard InChI is InChI=1S/C25H28N2O6S/c1-16-14-27(15-17(2)33-16)23(28)9-6-12-26(3)34(31,32)18-10-11-21-22(13-18)25(30)20-8-5-4-7-19(20)24(21)29/h4-5,7-8,10-11,13,16-17H,6,9,12,14-15H2,1-3H3/t16-,17+. The molecule has 0 bridgehead atoms. The quantitative estimate of drug-likeness (QED) is 0.533. The molecule has 0 saturated carbocycles. The topological polar surface area (TPSA) is 101 Å². The van der Waals surface area contributed by atoms with Crippen molar-refractivity contribution in [1.82, 2.24) is 9.21 Å². The molecule has 9 heteroatoms. The molecule has 1 aliphatic heterocycles. The third-order valence-corrected chi connectivity index (χ3v) is 8.09. The van der Waals surface area contributed by atoms with Gasteiger partial charge in [-0.2, -0.15) is 0 Å². The molecule has 2 aromatic rings. The number of hydrogen-bond acceptors (Lipinski definition) is 6. The number of ether oxygens (including phenoxy) is 1. The zero-order valence-electron chi connectivity index (χ0n) is 19.5. The second kappa shape index (κ2) is 9.40. The third kappa shape index (κ3) is 4.55. The fourth-order valence-electron chi connectivity index (χ4n) is 4.53. The maximum absolute atomic E-state index is 13.1. The van der Waals surface area contributed by atoms with Crippen LogP contribution in [0, 0.1) is 0 Å². The number of benzene rings is 2. The van der Waals surface area contributed by atoms with Crippen LogP contribution in [0.3, 0.4) is 0 Å². The largest absolute Gasteiger partial charge is 0.372 e. The first-order valence-electron chi connectivity index (χ1n) is 11.3. The van der Waals surface area contributed by atoms with Crippen LogP contribution < -0.4 is 0 Å². The van der Waals surface area contributed by atoms with E-state index in [-0.39, 0.29) is 64.2 Å². The Morgan fingerprint density at radius 2 is 1.53 bits per heavy atom. The minimum Gasteiger partial charge on any atom is -0.372 e. The predicted molar refractivity (Wildman–Crippen MR) is 125 cm³/mol. The average Bonchev–Trinajstić information content (AvgIpc) is 2.81. The summed E-state index contributed by atoms with van der Waals surface area (Å²) in [7, 11) is -2.46. The maximum Gasteiger partial charge on any atom is 0.242 e. The molecule has 8 nitrogen and oxygen atoms in total. The molecule has 1 heterocycles. The Bertz CT molecular complexity index is 1250. The van der Waals surface area contributed by atoms with Crippen molar-refractivity contribution in [2.45, 2.75) is 43.8 Å². The van der Waals surface area contributed by atoms with Crippen LogP contribution in [0.2, 0.25) is 0 Å². The van der Waals surface area contributed by atoms with Crippen molar-refractivity contribution in [3.63, 3.8) is 0 Å². The first kappa shape index (κ1) is 24.3. The molecule has 0 unspecified atom stereocenters. The molecule has 180 valence electrons. The molecular weight excluding hydrogens is 456 g/mol. The van der Waals surface area contributed by atoms with Gasteiger partial charge in [-0.3, -0.25) is 14.4 Å². The van der Waals surface area contributed by atoms with Crippen molar-refractivity contribution in [2.24, 2.45) is 0 Å². The van der Waals surface area contributed by atoms with E-state index in [0.717, 1.165) is 0 Å². The number of carbonyl (C=O) groups excluding carboxylic acids is 3. The zero-order valence-corrected chi connectivity index (χ0v) is 20.3. The van der Waals surface area contributed by atoms with Crippen LogP contribution in [0.1, 0.15) is 58.5 Å². The Morgan fingerprint density at radius 3 is 2.15 bits per heavy atom. The minimum absolute atomic E-state index is 0.0237. The normalized spacial score (nSPS) is 20.3. The summed E-state index contributed by atoms with van der Waals surface area (Å²) in [6.45, 7) is 5.05. The van der Waals surface area contributed by atoms with E-state index in [9.17, 15) is 22.8 Å². The lowest BCUT2D eigenvalue weighted by Gasteiger charge is -2.35. The summed E-state index contributed by atoms with van der Waals surface area (Å²) in [5.41, 5.74) is 0.878. The molecule has 1 saturated heterocycles. The van der Waals surface area contributed by atoms with Gasteiger partial charge in [-0.25, -0.2) is 12.7 Å². The summed E-state index contributed by atoms with van der Waals surface area (Å²) >= 11 is 0. The summed E-state index contributed by atoms with van der Waals surface area (Å²) in [4.78, 5) is 40.0. The molecule has 2 aliphatic rings. The number of sulfonamides is 1. The van der Waals surface area contributed by atoms with E-state index in [2.05, 4.69) is 0 Å². The van der Waals surface area contributed by atoms with Crippen molar-refractivity contribution in [3.8, 4) is 0 Å². The molecule has 1 amide bonds. The Morgan fingerprint density at radius 1 is 0.971 bits per heavy atom. The lowest BCUT2D eigenvalue weighted by Crippen LogP contribution is -2.48. The van der Waals surface area contributed by atoms with E-state index in [1.807, 2.05) is 13.8 Å². The van der Waals surface area contributed by atoms with E-state index in [4.69, 9.17) is 4.74 Å². The average molecular weight is 485 g/mol. The highest BCUT2D eigenvalue weighted by Gasteiger charge is 2.32. The maximum atomic E-state index is 13.1. The number of hydrogen-bond donors (Lipinski definition) is 0. The van der Waals surface area contributed by atoms with E-state index < -0.39 is 10.0 Å². The summed E-state index contributed by atoms with van der Waals surface area (Å²) in [5, 5.41) is 0. The molecule has 1 fully saturated rings. The Kier molecular flexibility index (Phi) is 6.71. The van der Waals surface area contributed by atoms with Gasteiger partial charge >= 0.3 is 0 Å². The Balaban J connectivity index is 1.44. The van der Waals surface area contributed by atoms with Crippen LogP contribution in [0.4, 0.5) is 0 Å². The van der Waals surface area contributed by atoms with Crippen molar-refractivity contribution < 1.29 is 27.5 Å². The van der Waals surface area contributed by atoms with Gasteiger partial charge in [0.1, 0.15) is 0 Å². The predicted octanol–water partition coefficient (Wildman–Crippen LogP) is 2.50. The minimum atomic E-state index is -3.91. The fourth-order valence-corrected chi connectivity index (χ4v) is 5.77. The van der Waals surface area contributed by atoms with Crippen molar-refractivity contribution in [2.75, 3.05) is 26.7 Å². The Hall–Kier alpha value is -2.88. The summed E-state index contributed by atoms with van der Waals surface area (Å²) < 4.78 is 33.1. The number of nitrogens with zero attached hydrogens (tertiary/aromatic N) is 2. The number of fused-ring (bicyclic) bond motifs is 2. The van der Waals surface area contributed by atoms with Gasteiger partial charge < -0.3 is 9.64 Å². The van der Waals surface area contributed by atoms with Gasteiger partial charge in [0.25, 0.3) is 0 Å². The molecule has 0 N–H and O–H groups in total. The van der Waals surface area contributed by atoms with Gasteiger partial charge in [0.2, 0.25) is 15.9 Å². The first-order valence-corrected chi connectivity index (χ1v) is 12.8. The van der Waals surface area contributed by atoms with Crippen molar-refractivity contribution in [3.05, 3.63) is 64.7 Å². The van der Waals surface area contributed by atoms with Crippen molar-refractivity contribution >= 4 is 27.5 Å². The monoisotopic (exact) mass is 484 g/mol. The van der Waals surface area contributed by atoms with Gasteiger partial charge in [0, 0.05) is 55.4 Å². The van der Waals surface area contributed by atoms with E-state index >= 15 is 0 Å². The van der Waals surface area contributed by atoms with Crippen LogP contribution in [0.25, 0.3) is 0 Å². The van der Waals surface area contributed by atoms with Gasteiger partial charge in [0.15, 0.2) is 11.6 Å². The molecule has 0 aromatic heterocycles. The molecule has 0 radical (unpaired) electrons. The number of amides is 1. The van der Waals surface area contributed by atoms with Crippen LogP contribution in [-0.2, 0) is 19.6 Å². The van der Waals surface area contributed by atoms with Gasteiger partial charge in [-0.1, -0.05) is 24.3 Å². The van der Waals surface area contributed by atoms with Crippen LogP contribution in [0.5, 0.6) is 0 Å². The third-order valence-electron chi connectivity index (χ3n) is 6.24. The molecule has 34 heavy (non-hydrogen) atoms. The molecular formula is C25H28N2O6S. The second-order valence-electron chi connectivity index (χ2n) is 8.90. The molecule has 2 atom stereocenters. The molecule has 0 spiro atoms. The van der Waals surface area contributed by atoms with Crippen molar-refractivity contribution in [1.29, 1.82) is 0 Å². The summed E-state index contributed by atoms with van der Waals surface area (Å²) in [5.74, 6) is -0.693. The van der Waals surface area contributed by atoms with E-state index in [0.29, 0.717) is 25.1 Å². The Labute approximate surface area is 199 Å². The number of carbonyl (C=O) groups is 3. The molecule has 1 aliphatic carbocycles. The van der Waals surface area contributed by atoms with Gasteiger partial charge in [0.05, 0.1) is 17.1 Å². The van der Waals surface area contributed by atoms with Crippen LogP contribution in [0.15, 0.2) is 47.4 Å². The number of morpholine rings is 1. The number of ketones is 2. The fraction of sp³-hybridized carbons (Fsp3) is 0.400. The van der Waals surface area contributed by atoms with Crippen LogP contribution in [-0.4, -0.2) is 74.0 Å². The highest BCUT2D eigenvalue weighted by molar-refractivity contribution is 7.89. The lowest BCUT2D eigenvalue weighted by atomic mass is 9.84. The smallest absolute Gasteiger partial charge is 0.242 e. The summed E-state index contributed by atoms with van der Waals surface area (Å²) in [6.07, 6.45) is 0.542. The van der Waals surface area contributed by atoms with Gasteiger partial charge in [-0.15, -0.1) is 0 Å². The first-order chi connectivity index (χ1) is 16.1.